The molecule has 2 saturated carbocycles. The van der Waals surface area contributed by atoms with Crippen LogP contribution in [0.2, 0.25) is 0 Å². The molecule has 0 amide bonds. The van der Waals surface area contributed by atoms with E-state index in [1.54, 1.807) is 0 Å². The standard InChI is InChI=1S/C10H16O.C3H8O2/c1-9-4-3-5-10(2,7-6-9)8(9)11;1-3(5)2-4/h3-7H2,1-2H3;3-5H,2H2,1H3. The van der Waals surface area contributed by atoms with Crippen LogP contribution in [0.4, 0.5) is 0 Å². The van der Waals surface area contributed by atoms with Gasteiger partial charge in [-0.15, -0.1) is 0 Å². The van der Waals surface area contributed by atoms with E-state index in [0.29, 0.717) is 5.78 Å². The molecule has 3 unspecified atom stereocenters. The first-order chi connectivity index (χ1) is 7.34. The lowest BCUT2D eigenvalue weighted by molar-refractivity contribution is -0.135. The normalized spacial score (nSPS) is 38.9. The van der Waals surface area contributed by atoms with E-state index in [0.717, 1.165) is 25.7 Å². The van der Waals surface area contributed by atoms with E-state index in [4.69, 9.17) is 10.2 Å². The SMILES string of the molecule is CC(O)CO.CC12CCCC(C)(CC1)C2=O. The summed E-state index contributed by atoms with van der Waals surface area (Å²) in [6.45, 7) is 5.69. The number of ketones is 1. The Hall–Kier alpha value is -0.410. The Labute approximate surface area is 97.9 Å². The molecule has 2 N–H and O–H groups in total. The number of hydrogen-bond acceptors (Lipinski definition) is 3. The lowest BCUT2D eigenvalue weighted by atomic mass is 9.70. The van der Waals surface area contributed by atoms with Gasteiger partial charge in [-0.05, 0) is 32.6 Å². The van der Waals surface area contributed by atoms with Crippen LogP contribution in [0.25, 0.3) is 0 Å². The van der Waals surface area contributed by atoms with Crippen molar-refractivity contribution in [2.45, 2.75) is 59.0 Å². The van der Waals surface area contributed by atoms with Gasteiger partial charge in [0.15, 0.2) is 0 Å². The number of hydrogen-bond donors (Lipinski definition) is 2. The molecule has 2 bridgehead atoms. The third-order valence-electron chi connectivity index (χ3n) is 4.05. The zero-order chi connectivity index (χ0) is 12.4. The first-order valence-corrected chi connectivity index (χ1v) is 6.18. The van der Waals surface area contributed by atoms with E-state index in [9.17, 15) is 4.79 Å². The number of aliphatic hydroxyl groups is 2. The molecule has 0 aromatic carbocycles. The van der Waals surface area contributed by atoms with Crippen LogP contribution in [0, 0.1) is 10.8 Å². The van der Waals surface area contributed by atoms with Gasteiger partial charge in [-0.1, -0.05) is 20.3 Å². The monoisotopic (exact) mass is 228 g/mol. The second kappa shape index (κ2) is 4.84. The second-order valence-electron chi connectivity index (χ2n) is 5.84. The summed E-state index contributed by atoms with van der Waals surface area (Å²) in [5.74, 6) is 0.552. The molecular weight excluding hydrogens is 204 g/mol. The van der Waals surface area contributed by atoms with E-state index in [-0.39, 0.29) is 17.4 Å². The highest BCUT2D eigenvalue weighted by Crippen LogP contribution is 2.54. The van der Waals surface area contributed by atoms with Crippen LogP contribution >= 0.6 is 0 Å². The van der Waals surface area contributed by atoms with Gasteiger partial charge in [-0.3, -0.25) is 4.79 Å². The van der Waals surface area contributed by atoms with Crippen LogP contribution in [0.15, 0.2) is 0 Å². The first-order valence-electron chi connectivity index (χ1n) is 6.18. The van der Waals surface area contributed by atoms with Crippen molar-refractivity contribution in [3.8, 4) is 0 Å². The number of carbonyl (C=O) groups is 1. The smallest absolute Gasteiger partial charge is 0.144 e. The molecule has 16 heavy (non-hydrogen) atoms. The zero-order valence-corrected chi connectivity index (χ0v) is 10.6. The summed E-state index contributed by atoms with van der Waals surface area (Å²) in [6.07, 6.45) is 5.27. The molecule has 2 aliphatic carbocycles. The van der Waals surface area contributed by atoms with Gasteiger partial charge < -0.3 is 10.2 Å². The maximum Gasteiger partial charge on any atom is 0.144 e. The van der Waals surface area contributed by atoms with E-state index in [1.165, 1.54) is 13.3 Å². The predicted molar refractivity (Wildman–Crippen MR) is 63.1 cm³/mol. The van der Waals surface area contributed by atoms with Gasteiger partial charge in [0, 0.05) is 10.8 Å². The summed E-state index contributed by atoms with van der Waals surface area (Å²) in [6, 6.07) is 0. The molecule has 2 fully saturated rings. The van der Waals surface area contributed by atoms with Gasteiger partial charge >= 0.3 is 0 Å². The highest BCUT2D eigenvalue weighted by atomic mass is 16.3. The van der Waals surface area contributed by atoms with Crippen molar-refractivity contribution < 1.29 is 15.0 Å². The van der Waals surface area contributed by atoms with Crippen molar-refractivity contribution in [2.75, 3.05) is 6.61 Å². The van der Waals surface area contributed by atoms with Crippen LogP contribution in [0.5, 0.6) is 0 Å². The molecule has 94 valence electrons. The highest BCUT2D eigenvalue weighted by Gasteiger charge is 2.53. The number of rotatable bonds is 1. The summed E-state index contributed by atoms with van der Waals surface area (Å²) in [4.78, 5) is 11.8. The third kappa shape index (κ3) is 2.64. The molecule has 3 atom stereocenters. The molecule has 0 saturated heterocycles. The Balaban J connectivity index is 0.000000221. The maximum atomic E-state index is 11.8. The summed E-state index contributed by atoms with van der Waals surface area (Å²) >= 11 is 0. The minimum absolute atomic E-state index is 0.0764. The summed E-state index contributed by atoms with van der Waals surface area (Å²) in [5.41, 5.74) is 0.153. The largest absolute Gasteiger partial charge is 0.394 e. The molecule has 0 aromatic rings. The van der Waals surface area contributed by atoms with Crippen LogP contribution in [-0.4, -0.2) is 28.7 Å². The van der Waals surface area contributed by atoms with Crippen molar-refractivity contribution in [2.24, 2.45) is 10.8 Å². The number of aliphatic hydroxyl groups excluding tert-OH is 2. The van der Waals surface area contributed by atoms with E-state index >= 15 is 0 Å². The number of carbonyl (C=O) groups excluding carboxylic acids is 1. The molecule has 2 rings (SSSR count). The van der Waals surface area contributed by atoms with Gasteiger partial charge in [-0.2, -0.15) is 0 Å². The average Bonchev–Trinajstić information content (AvgIpc) is 2.40. The van der Waals surface area contributed by atoms with Crippen molar-refractivity contribution in [3.05, 3.63) is 0 Å². The summed E-state index contributed by atoms with van der Waals surface area (Å²) < 4.78 is 0. The Morgan fingerprint density at radius 3 is 1.81 bits per heavy atom. The lowest BCUT2D eigenvalue weighted by Gasteiger charge is -2.33. The molecule has 0 aromatic heterocycles. The molecule has 3 nitrogen and oxygen atoms in total. The Morgan fingerprint density at radius 2 is 1.56 bits per heavy atom. The molecule has 0 radical (unpaired) electrons. The predicted octanol–water partition coefficient (Wildman–Crippen LogP) is 1.91. The summed E-state index contributed by atoms with van der Waals surface area (Å²) in [7, 11) is 0. The average molecular weight is 228 g/mol. The van der Waals surface area contributed by atoms with E-state index in [2.05, 4.69) is 13.8 Å². The lowest BCUT2D eigenvalue weighted by Crippen LogP contribution is -2.35. The first kappa shape index (κ1) is 13.7. The second-order valence-corrected chi connectivity index (χ2v) is 5.84. The van der Waals surface area contributed by atoms with Crippen molar-refractivity contribution in [3.63, 3.8) is 0 Å². The topological polar surface area (TPSA) is 57.5 Å². The van der Waals surface area contributed by atoms with Crippen LogP contribution < -0.4 is 0 Å². The number of fused-ring (bicyclic) bond motifs is 2. The molecule has 2 aliphatic rings. The zero-order valence-electron chi connectivity index (χ0n) is 10.6. The minimum Gasteiger partial charge on any atom is -0.394 e. The fraction of sp³-hybridized carbons (Fsp3) is 0.923. The quantitative estimate of drug-likeness (QED) is 0.720. The van der Waals surface area contributed by atoms with Gasteiger partial charge in [0.05, 0.1) is 12.7 Å². The number of Topliss-reactive ketones (excluding diaryl/α,β-unsaturated/α-hetero) is 1. The maximum absolute atomic E-state index is 11.8. The van der Waals surface area contributed by atoms with Gasteiger partial charge in [0.25, 0.3) is 0 Å². The highest BCUT2D eigenvalue weighted by molar-refractivity contribution is 5.92. The Morgan fingerprint density at radius 1 is 1.19 bits per heavy atom. The molecule has 0 spiro atoms. The van der Waals surface area contributed by atoms with Crippen molar-refractivity contribution in [1.82, 2.24) is 0 Å². The Bertz CT molecular complexity index is 242. The Kier molecular flexibility index (Phi) is 4.13. The van der Waals surface area contributed by atoms with Crippen LogP contribution in [0.1, 0.15) is 52.9 Å². The molecule has 3 heteroatoms. The third-order valence-corrected chi connectivity index (χ3v) is 4.05. The van der Waals surface area contributed by atoms with E-state index in [1.807, 2.05) is 0 Å². The fourth-order valence-corrected chi connectivity index (χ4v) is 2.85. The summed E-state index contributed by atoms with van der Waals surface area (Å²) in [5, 5.41) is 16.0. The molecular formula is C13H24O3. The van der Waals surface area contributed by atoms with E-state index < -0.39 is 6.10 Å². The fourth-order valence-electron chi connectivity index (χ4n) is 2.85. The van der Waals surface area contributed by atoms with Gasteiger partial charge in [-0.25, -0.2) is 0 Å². The van der Waals surface area contributed by atoms with Crippen molar-refractivity contribution >= 4 is 5.78 Å². The van der Waals surface area contributed by atoms with Crippen LogP contribution in [-0.2, 0) is 4.79 Å². The van der Waals surface area contributed by atoms with Crippen LogP contribution in [0.3, 0.4) is 0 Å². The minimum atomic E-state index is -0.560. The molecule has 0 aliphatic heterocycles. The van der Waals surface area contributed by atoms with Crippen molar-refractivity contribution in [1.29, 1.82) is 0 Å². The van der Waals surface area contributed by atoms with Gasteiger partial charge in [0.2, 0.25) is 0 Å². The molecule has 0 heterocycles. The van der Waals surface area contributed by atoms with Gasteiger partial charge in [0.1, 0.15) is 5.78 Å².